The Morgan fingerprint density at radius 2 is 2.11 bits per heavy atom. The first kappa shape index (κ1) is 15.3. The summed E-state index contributed by atoms with van der Waals surface area (Å²) in [6, 6.07) is 7.09. The van der Waals surface area contributed by atoms with Crippen LogP contribution in [0.3, 0.4) is 0 Å². The fourth-order valence-corrected chi connectivity index (χ4v) is 1.96. The third kappa shape index (κ3) is 4.79. The highest BCUT2D eigenvalue weighted by molar-refractivity contribution is 5.92. The number of esters is 1. The molecule has 1 aromatic carbocycles. The van der Waals surface area contributed by atoms with Crippen molar-refractivity contribution in [1.29, 1.82) is 0 Å². The lowest BCUT2D eigenvalue weighted by molar-refractivity contribution is 0.0428. The maximum Gasteiger partial charge on any atom is 0.339 e. The zero-order chi connectivity index (χ0) is 14.1. The highest BCUT2D eigenvalue weighted by Crippen LogP contribution is 2.15. The van der Waals surface area contributed by atoms with Gasteiger partial charge < -0.3 is 4.74 Å². The summed E-state index contributed by atoms with van der Waals surface area (Å²) in [6.45, 7) is 4.78. The van der Waals surface area contributed by atoms with Crippen molar-refractivity contribution in [3.05, 3.63) is 35.4 Å². The Morgan fingerprint density at radius 3 is 2.74 bits per heavy atom. The molecule has 2 nitrogen and oxygen atoms in total. The zero-order valence-corrected chi connectivity index (χ0v) is 11.8. The second-order valence-electron chi connectivity index (χ2n) is 4.70. The third-order valence-corrected chi connectivity index (χ3v) is 3.30. The molecule has 0 aliphatic heterocycles. The predicted octanol–water partition coefficient (Wildman–Crippen LogP) is 4.04. The molecule has 0 aromatic heterocycles. The number of hydrogen-bond donors (Lipinski definition) is 0. The molecule has 0 saturated carbocycles. The van der Waals surface area contributed by atoms with E-state index in [4.69, 9.17) is 11.2 Å². The summed E-state index contributed by atoms with van der Waals surface area (Å²) in [4.78, 5) is 12.0. The van der Waals surface area contributed by atoms with Crippen molar-refractivity contribution in [2.45, 2.75) is 39.5 Å². The second kappa shape index (κ2) is 8.37. The van der Waals surface area contributed by atoms with E-state index in [1.165, 1.54) is 12.8 Å². The van der Waals surface area contributed by atoms with E-state index in [-0.39, 0.29) is 5.97 Å². The molecule has 0 aliphatic carbocycles. The number of benzene rings is 1. The number of unbranched alkanes of at least 4 members (excludes halogenated alkanes) is 1. The minimum Gasteiger partial charge on any atom is -0.462 e. The lowest BCUT2D eigenvalue weighted by Gasteiger charge is -2.15. The van der Waals surface area contributed by atoms with Gasteiger partial charge in [-0.2, -0.15) is 0 Å². The first-order chi connectivity index (χ1) is 9.22. The van der Waals surface area contributed by atoms with Crippen LogP contribution in [0.4, 0.5) is 0 Å². The Bertz CT molecular complexity index is 443. The Labute approximate surface area is 116 Å². The van der Waals surface area contributed by atoms with E-state index in [2.05, 4.69) is 19.8 Å². The molecular weight excluding hydrogens is 236 g/mol. The first-order valence-corrected chi connectivity index (χ1v) is 6.95. The summed E-state index contributed by atoms with van der Waals surface area (Å²) in [5.74, 6) is 2.64. The van der Waals surface area contributed by atoms with Gasteiger partial charge in [0.1, 0.15) is 0 Å². The molecule has 0 amide bonds. The molecule has 102 valence electrons. The van der Waals surface area contributed by atoms with Crippen LogP contribution in [0.25, 0.3) is 0 Å². The standard InChI is InChI=1S/C17H22O2/c1-4-7-10-14(5-2)13-19-17(18)16-12-9-8-11-15(16)6-3/h3,8-9,11-12,14H,4-5,7,10,13H2,1-2H3. The van der Waals surface area contributed by atoms with Gasteiger partial charge in [-0.15, -0.1) is 6.42 Å². The largest absolute Gasteiger partial charge is 0.462 e. The van der Waals surface area contributed by atoms with Crippen LogP contribution >= 0.6 is 0 Å². The van der Waals surface area contributed by atoms with E-state index < -0.39 is 0 Å². The van der Waals surface area contributed by atoms with Gasteiger partial charge in [0.05, 0.1) is 12.2 Å². The minimum atomic E-state index is -0.316. The highest BCUT2D eigenvalue weighted by Gasteiger charge is 2.14. The van der Waals surface area contributed by atoms with E-state index in [1.54, 1.807) is 18.2 Å². The number of carbonyl (C=O) groups excluding carboxylic acids is 1. The second-order valence-corrected chi connectivity index (χ2v) is 4.70. The fourth-order valence-electron chi connectivity index (χ4n) is 1.96. The number of ether oxygens (including phenoxy) is 1. The van der Waals surface area contributed by atoms with E-state index in [0.29, 0.717) is 23.7 Å². The van der Waals surface area contributed by atoms with Gasteiger partial charge in [-0.05, 0) is 24.5 Å². The third-order valence-electron chi connectivity index (χ3n) is 3.30. The Hall–Kier alpha value is -1.75. The van der Waals surface area contributed by atoms with Crippen LogP contribution in [-0.4, -0.2) is 12.6 Å². The number of terminal acetylenes is 1. The monoisotopic (exact) mass is 258 g/mol. The van der Waals surface area contributed by atoms with Crippen molar-refractivity contribution >= 4 is 5.97 Å². The molecular formula is C17H22O2. The van der Waals surface area contributed by atoms with Gasteiger partial charge in [-0.3, -0.25) is 0 Å². The van der Waals surface area contributed by atoms with Gasteiger partial charge in [0.25, 0.3) is 0 Å². The maximum absolute atomic E-state index is 12.0. The van der Waals surface area contributed by atoms with Gasteiger partial charge in [0.2, 0.25) is 0 Å². The summed E-state index contributed by atoms with van der Waals surface area (Å²) in [5, 5.41) is 0. The molecule has 0 radical (unpaired) electrons. The lowest BCUT2D eigenvalue weighted by atomic mass is 10.0. The van der Waals surface area contributed by atoms with Gasteiger partial charge in [-0.1, -0.05) is 51.2 Å². The average molecular weight is 258 g/mol. The van der Waals surface area contributed by atoms with Gasteiger partial charge in [-0.25, -0.2) is 4.79 Å². The minimum absolute atomic E-state index is 0.316. The summed E-state index contributed by atoms with van der Waals surface area (Å²) in [5.41, 5.74) is 1.07. The Balaban J connectivity index is 2.57. The molecule has 0 N–H and O–H groups in total. The van der Waals surface area contributed by atoms with Crippen molar-refractivity contribution in [2.24, 2.45) is 5.92 Å². The van der Waals surface area contributed by atoms with E-state index in [0.717, 1.165) is 12.8 Å². The topological polar surface area (TPSA) is 26.3 Å². The smallest absolute Gasteiger partial charge is 0.339 e. The van der Waals surface area contributed by atoms with Crippen molar-refractivity contribution in [3.8, 4) is 12.3 Å². The van der Waals surface area contributed by atoms with Crippen LogP contribution in [0.15, 0.2) is 24.3 Å². The van der Waals surface area contributed by atoms with Crippen molar-refractivity contribution in [1.82, 2.24) is 0 Å². The van der Waals surface area contributed by atoms with Crippen LogP contribution < -0.4 is 0 Å². The SMILES string of the molecule is C#Cc1ccccc1C(=O)OCC(CC)CCCC. The first-order valence-electron chi connectivity index (χ1n) is 6.95. The summed E-state index contributed by atoms with van der Waals surface area (Å²) < 4.78 is 5.39. The quantitative estimate of drug-likeness (QED) is 0.545. The van der Waals surface area contributed by atoms with E-state index in [9.17, 15) is 4.79 Å². The van der Waals surface area contributed by atoms with Gasteiger partial charge in [0.15, 0.2) is 0 Å². The zero-order valence-electron chi connectivity index (χ0n) is 11.8. The molecule has 1 atom stereocenters. The molecule has 1 aromatic rings. The molecule has 0 aliphatic rings. The van der Waals surface area contributed by atoms with Crippen molar-refractivity contribution in [2.75, 3.05) is 6.61 Å². The van der Waals surface area contributed by atoms with Crippen LogP contribution in [0, 0.1) is 18.3 Å². The average Bonchev–Trinajstić information content (AvgIpc) is 2.47. The normalized spacial score (nSPS) is 11.6. The number of carbonyl (C=O) groups is 1. The maximum atomic E-state index is 12.0. The van der Waals surface area contributed by atoms with Crippen LogP contribution in [-0.2, 0) is 4.74 Å². The van der Waals surface area contributed by atoms with Crippen LogP contribution in [0.1, 0.15) is 55.5 Å². The Morgan fingerprint density at radius 1 is 1.37 bits per heavy atom. The molecule has 1 unspecified atom stereocenters. The van der Waals surface area contributed by atoms with Crippen molar-refractivity contribution in [3.63, 3.8) is 0 Å². The molecule has 0 heterocycles. The summed E-state index contributed by atoms with van der Waals surface area (Å²) in [7, 11) is 0. The number of rotatable bonds is 7. The lowest BCUT2D eigenvalue weighted by Crippen LogP contribution is -2.14. The molecule has 2 heteroatoms. The predicted molar refractivity (Wildman–Crippen MR) is 78.0 cm³/mol. The number of hydrogen-bond acceptors (Lipinski definition) is 2. The van der Waals surface area contributed by atoms with Crippen molar-refractivity contribution < 1.29 is 9.53 Å². The molecule has 1 rings (SSSR count). The highest BCUT2D eigenvalue weighted by atomic mass is 16.5. The summed E-state index contributed by atoms with van der Waals surface area (Å²) >= 11 is 0. The fraction of sp³-hybridized carbons (Fsp3) is 0.471. The van der Waals surface area contributed by atoms with E-state index >= 15 is 0 Å². The summed E-state index contributed by atoms with van der Waals surface area (Å²) in [6.07, 6.45) is 9.87. The molecule has 0 fully saturated rings. The molecule has 0 bridgehead atoms. The van der Waals surface area contributed by atoms with Crippen LogP contribution in [0.2, 0.25) is 0 Å². The van der Waals surface area contributed by atoms with Gasteiger partial charge >= 0.3 is 5.97 Å². The Kier molecular flexibility index (Phi) is 6.74. The van der Waals surface area contributed by atoms with E-state index in [1.807, 2.05) is 6.07 Å². The molecule has 0 spiro atoms. The van der Waals surface area contributed by atoms with Crippen LogP contribution in [0.5, 0.6) is 0 Å². The van der Waals surface area contributed by atoms with Gasteiger partial charge in [0, 0.05) is 5.56 Å². The molecule has 0 saturated heterocycles. The molecule has 19 heavy (non-hydrogen) atoms.